The van der Waals surface area contributed by atoms with Crippen molar-refractivity contribution in [1.29, 1.82) is 0 Å². The van der Waals surface area contributed by atoms with Crippen molar-refractivity contribution in [3.63, 3.8) is 0 Å². The topological polar surface area (TPSA) is 55.1 Å². The Hall–Kier alpha value is -1.49. The van der Waals surface area contributed by atoms with Gasteiger partial charge in [-0.3, -0.25) is 4.79 Å². The molecule has 1 rings (SSSR count). The maximum atomic E-state index is 13.3. The zero-order valence-corrected chi connectivity index (χ0v) is 9.89. The Kier molecular flexibility index (Phi) is 4.17. The average molecular weight is 242 g/mol. The van der Waals surface area contributed by atoms with Gasteiger partial charge in [-0.2, -0.15) is 0 Å². The fourth-order valence-electron chi connectivity index (χ4n) is 1.33. The van der Waals surface area contributed by atoms with E-state index in [9.17, 15) is 13.6 Å². The summed E-state index contributed by atoms with van der Waals surface area (Å²) in [6.45, 7) is 3.73. The number of carbonyl (C=O) groups is 1. The Morgan fingerprint density at radius 3 is 2.35 bits per heavy atom. The monoisotopic (exact) mass is 242 g/mol. The van der Waals surface area contributed by atoms with Crippen LogP contribution in [0.3, 0.4) is 0 Å². The standard InChI is InChI=1S/C12H16F2N2O/c1-12(2,7-15)16-11(17)6-8-9(13)4-3-5-10(8)14/h3-5H,6-7,15H2,1-2H3,(H,16,17). The van der Waals surface area contributed by atoms with Gasteiger partial charge in [0.1, 0.15) is 11.6 Å². The van der Waals surface area contributed by atoms with Crippen LogP contribution in [-0.4, -0.2) is 18.0 Å². The first-order valence-corrected chi connectivity index (χ1v) is 5.30. The van der Waals surface area contributed by atoms with E-state index in [1.165, 1.54) is 6.07 Å². The molecule has 0 saturated carbocycles. The Labute approximate surface area is 99.0 Å². The lowest BCUT2D eigenvalue weighted by Gasteiger charge is -2.24. The zero-order chi connectivity index (χ0) is 13.1. The third-order valence-corrected chi connectivity index (χ3v) is 2.39. The minimum atomic E-state index is -0.717. The van der Waals surface area contributed by atoms with Gasteiger partial charge in [-0.25, -0.2) is 8.78 Å². The molecule has 0 atom stereocenters. The predicted octanol–water partition coefficient (Wildman–Crippen LogP) is 1.36. The molecule has 0 aliphatic carbocycles. The fraction of sp³-hybridized carbons (Fsp3) is 0.417. The van der Waals surface area contributed by atoms with Gasteiger partial charge in [-0.15, -0.1) is 0 Å². The van der Waals surface area contributed by atoms with Crippen molar-refractivity contribution in [2.45, 2.75) is 25.8 Å². The lowest BCUT2D eigenvalue weighted by Crippen LogP contribution is -2.49. The summed E-state index contributed by atoms with van der Waals surface area (Å²) in [6.07, 6.45) is -0.331. The molecule has 0 aliphatic heterocycles. The summed E-state index contributed by atoms with van der Waals surface area (Å²) in [4.78, 5) is 11.6. The van der Waals surface area contributed by atoms with Crippen LogP contribution in [0, 0.1) is 11.6 Å². The minimum absolute atomic E-state index is 0.224. The Morgan fingerprint density at radius 2 is 1.88 bits per heavy atom. The number of carbonyl (C=O) groups excluding carboxylic acids is 1. The van der Waals surface area contributed by atoms with Crippen LogP contribution in [0.15, 0.2) is 18.2 Å². The summed E-state index contributed by atoms with van der Waals surface area (Å²) < 4.78 is 26.6. The number of hydrogen-bond donors (Lipinski definition) is 2. The lowest BCUT2D eigenvalue weighted by molar-refractivity contribution is -0.122. The molecule has 3 N–H and O–H groups in total. The molecule has 0 spiro atoms. The highest BCUT2D eigenvalue weighted by Gasteiger charge is 2.20. The van der Waals surface area contributed by atoms with Crippen LogP contribution in [-0.2, 0) is 11.2 Å². The van der Waals surface area contributed by atoms with E-state index >= 15 is 0 Å². The third-order valence-electron chi connectivity index (χ3n) is 2.39. The van der Waals surface area contributed by atoms with E-state index in [1.807, 2.05) is 0 Å². The highest BCUT2D eigenvalue weighted by Crippen LogP contribution is 2.13. The van der Waals surface area contributed by atoms with E-state index < -0.39 is 23.1 Å². The second-order valence-corrected chi connectivity index (χ2v) is 4.51. The summed E-state index contributed by atoms with van der Waals surface area (Å²) >= 11 is 0. The molecule has 0 bridgehead atoms. The summed E-state index contributed by atoms with van der Waals surface area (Å²) in [5, 5.41) is 2.61. The van der Waals surface area contributed by atoms with Gasteiger partial charge < -0.3 is 11.1 Å². The van der Waals surface area contributed by atoms with E-state index in [0.717, 1.165) is 12.1 Å². The first kappa shape index (κ1) is 13.6. The first-order valence-electron chi connectivity index (χ1n) is 5.30. The molecular weight excluding hydrogens is 226 g/mol. The van der Waals surface area contributed by atoms with Gasteiger partial charge in [0.25, 0.3) is 0 Å². The summed E-state index contributed by atoms with van der Waals surface area (Å²) in [7, 11) is 0. The van der Waals surface area contributed by atoms with Crippen LogP contribution in [0.5, 0.6) is 0 Å². The normalized spacial score (nSPS) is 11.4. The van der Waals surface area contributed by atoms with E-state index in [-0.39, 0.29) is 18.5 Å². The molecule has 0 fully saturated rings. The average Bonchev–Trinajstić information content (AvgIpc) is 2.23. The second kappa shape index (κ2) is 5.23. The van der Waals surface area contributed by atoms with Crippen LogP contribution in [0.25, 0.3) is 0 Å². The highest BCUT2D eigenvalue weighted by molar-refractivity contribution is 5.79. The van der Waals surface area contributed by atoms with Crippen LogP contribution >= 0.6 is 0 Å². The van der Waals surface area contributed by atoms with Crippen molar-refractivity contribution >= 4 is 5.91 Å². The maximum absolute atomic E-state index is 13.3. The summed E-state index contributed by atoms with van der Waals surface area (Å²) in [6, 6.07) is 3.51. The van der Waals surface area contributed by atoms with Crippen molar-refractivity contribution in [3.8, 4) is 0 Å². The molecular formula is C12H16F2N2O. The quantitative estimate of drug-likeness (QED) is 0.837. The number of benzene rings is 1. The van der Waals surface area contributed by atoms with Crippen LogP contribution in [0.2, 0.25) is 0 Å². The second-order valence-electron chi connectivity index (χ2n) is 4.51. The van der Waals surface area contributed by atoms with Crippen molar-refractivity contribution in [2.75, 3.05) is 6.54 Å². The van der Waals surface area contributed by atoms with E-state index in [2.05, 4.69) is 5.32 Å². The summed E-state index contributed by atoms with van der Waals surface area (Å²) in [5.41, 5.74) is 4.64. The minimum Gasteiger partial charge on any atom is -0.350 e. The van der Waals surface area contributed by atoms with Crippen molar-refractivity contribution in [3.05, 3.63) is 35.4 Å². The van der Waals surface area contributed by atoms with Crippen molar-refractivity contribution < 1.29 is 13.6 Å². The molecule has 1 aromatic carbocycles. The lowest BCUT2D eigenvalue weighted by atomic mass is 10.0. The highest BCUT2D eigenvalue weighted by atomic mass is 19.1. The smallest absolute Gasteiger partial charge is 0.225 e. The molecule has 3 nitrogen and oxygen atoms in total. The molecule has 0 aliphatic rings. The number of halogens is 2. The van der Waals surface area contributed by atoms with E-state index in [4.69, 9.17) is 5.73 Å². The maximum Gasteiger partial charge on any atom is 0.225 e. The Bertz CT molecular complexity index is 399. The van der Waals surface area contributed by atoms with E-state index in [0.29, 0.717) is 0 Å². The van der Waals surface area contributed by atoms with Crippen LogP contribution in [0.1, 0.15) is 19.4 Å². The molecule has 94 valence electrons. The fourth-order valence-corrected chi connectivity index (χ4v) is 1.33. The first-order chi connectivity index (χ1) is 7.85. The Morgan fingerprint density at radius 1 is 1.35 bits per heavy atom. The van der Waals surface area contributed by atoms with Gasteiger partial charge in [-0.1, -0.05) is 6.07 Å². The molecule has 17 heavy (non-hydrogen) atoms. The Balaban J connectivity index is 2.75. The molecule has 1 aromatic rings. The van der Waals surface area contributed by atoms with Crippen molar-refractivity contribution in [2.24, 2.45) is 5.73 Å². The van der Waals surface area contributed by atoms with Gasteiger partial charge in [-0.05, 0) is 26.0 Å². The number of nitrogens with one attached hydrogen (secondary N) is 1. The number of nitrogens with two attached hydrogens (primary N) is 1. The number of rotatable bonds is 4. The zero-order valence-electron chi connectivity index (χ0n) is 9.89. The van der Waals surface area contributed by atoms with Crippen LogP contribution in [0.4, 0.5) is 8.78 Å². The van der Waals surface area contributed by atoms with Gasteiger partial charge >= 0.3 is 0 Å². The molecule has 0 aromatic heterocycles. The molecule has 5 heteroatoms. The molecule has 0 saturated heterocycles. The van der Waals surface area contributed by atoms with E-state index in [1.54, 1.807) is 13.8 Å². The third kappa shape index (κ3) is 3.78. The van der Waals surface area contributed by atoms with Gasteiger partial charge in [0.15, 0.2) is 0 Å². The summed E-state index contributed by atoms with van der Waals surface area (Å²) in [5.74, 6) is -1.89. The molecule has 0 unspecified atom stereocenters. The number of amides is 1. The van der Waals surface area contributed by atoms with Gasteiger partial charge in [0.05, 0.1) is 6.42 Å². The van der Waals surface area contributed by atoms with Crippen LogP contribution < -0.4 is 11.1 Å². The SMILES string of the molecule is CC(C)(CN)NC(=O)Cc1c(F)cccc1F. The van der Waals surface area contributed by atoms with Gasteiger partial charge in [0, 0.05) is 17.6 Å². The number of hydrogen-bond acceptors (Lipinski definition) is 2. The molecule has 1 amide bonds. The molecule has 0 heterocycles. The van der Waals surface area contributed by atoms with Gasteiger partial charge in [0.2, 0.25) is 5.91 Å². The largest absolute Gasteiger partial charge is 0.350 e. The molecule has 0 radical (unpaired) electrons. The predicted molar refractivity (Wildman–Crippen MR) is 61.3 cm³/mol. The van der Waals surface area contributed by atoms with Crippen molar-refractivity contribution in [1.82, 2.24) is 5.32 Å².